The summed E-state index contributed by atoms with van der Waals surface area (Å²) in [7, 11) is 0. The summed E-state index contributed by atoms with van der Waals surface area (Å²) in [5.41, 5.74) is 0. The van der Waals surface area contributed by atoms with E-state index in [0.717, 1.165) is 13.0 Å². The Morgan fingerprint density at radius 1 is 1.24 bits per heavy atom. The first-order chi connectivity index (χ1) is 8.25. The van der Waals surface area contributed by atoms with Crippen LogP contribution >= 0.6 is 0 Å². The Hall–Kier alpha value is -0.570. The lowest BCUT2D eigenvalue weighted by atomic mass is 9.90. The summed E-state index contributed by atoms with van der Waals surface area (Å²) in [6, 6.07) is -0.0534. The van der Waals surface area contributed by atoms with Crippen LogP contribution in [-0.4, -0.2) is 25.2 Å². The molecule has 0 bridgehead atoms. The zero-order chi connectivity index (χ0) is 12.1. The van der Waals surface area contributed by atoms with E-state index in [4.69, 9.17) is 4.74 Å². The Balaban J connectivity index is 1.69. The first kappa shape index (κ1) is 12.9. The van der Waals surface area contributed by atoms with Gasteiger partial charge in [-0.25, -0.2) is 0 Å². The largest absolute Gasteiger partial charge is 0.464 e. The van der Waals surface area contributed by atoms with Crippen molar-refractivity contribution in [2.24, 2.45) is 11.8 Å². The average molecular weight is 239 g/mol. The molecule has 17 heavy (non-hydrogen) atoms. The number of nitrogens with one attached hydrogen (secondary N) is 1. The Labute approximate surface area is 104 Å². The molecule has 1 aliphatic heterocycles. The molecule has 2 rings (SSSR count). The summed E-state index contributed by atoms with van der Waals surface area (Å²) in [6.45, 7) is 3.80. The number of carbonyl (C=O) groups excluding carboxylic acids is 1. The minimum Gasteiger partial charge on any atom is -0.464 e. The maximum absolute atomic E-state index is 11.9. The Bertz CT molecular complexity index is 249. The second-order valence-electron chi connectivity index (χ2n) is 5.77. The highest BCUT2D eigenvalue weighted by atomic mass is 16.5. The first-order valence-electron chi connectivity index (χ1n) is 7.15. The average Bonchev–Trinajstić information content (AvgIpc) is 2.37. The lowest BCUT2D eigenvalue weighted by Crippen LogP contribution is -2.44. The highest BCUT2D eigenvalue weighted by Gasteiger charge is 2.26. The van der Waals surface area contributed by atoms with Gasteiger partial charge in [-0.05, 0) is 44.1 Å². The molecule has 1 N–H and O–H groups in total. The van der Waals surface area contributed by atoms with Crippen molar-refractivity contribution in [2.45, 2.75) is 57.9 Å². The molecule has 3 heteroatoms. The Morgan fingerprint density at radius 2 is 2.00 bits per heavy atom. The molecule has 0 amide bonds. The molecule has 2 unspecified atom stereocenters. The van der Waals surface area contributed by atoms with Crippen molar-refractivity contribution in [2.75, 3.05) is 13.2 Å². The molecule has 0 aromatic rings. The van der Waals surface area contributed by atoms with Gasteiger partial charge >= 0.3 is 5.97 Å². The van der Waals surface area contributed by atoms with E-state index in [-0.39, 0.29) is 12.0 Å². The molecule has 0 aromatic carbocycles. The van der Waals surface area contributed by atoms with E-state index in [1.165, 1.54) is 38.5 Å². The number of carbonyl (C=O) groups is 1. The molecule has 0 radical (unpaired) electrons. The molecule has 1 saturated carbocycles. The predicted molar refractivity (Wildman–Crippen MR) is 67.7 cm³/mol. The number of rotatable bonds is 3. The van der Waals surface area contributed by atoms with Gasteiger partial charge in [0.25, 0.3) is 0 Å². The van der Waals surface area contributed by atoms with Crippen LogP contribution in [0.2, 0.25) is 0 Å². The molecule has 2 aliphatic rings. The van der Waals surface area contributed by atoms with Gasteiger partial charge in [-0.1, -0.05) is 26.2 Å². The molecule has 2 atom stereocenters. The zero-order valence-corrected chi connectivity index (χ0v) is 10.9. The molecular formula is C14H25NO2. The van der Waals surface area contributed by atoms with Gasteiger partial charge in [-0.15, -0.1) is 0 Å². The fourth-order valence-electron chi connectivity index (χ4n) is 2.94. The molecule has 1 heterocycles. The van der Waals surface area contributed by atoms with Crippen LogP contribution in [-0.2, 0) is 9.53 Å². The van der Waals surface area contributed by atoms with E-state index in [9.17, 15) is 4.79 Å². The highest BCUT2D eigenvalue weighted by Crippen LogP contribution is 2.24. The standard InChI is InChI=1S/C14H25NO2/c1-11-7-8-15-13(9-11)14(16)17-10-12-5-3-2-4-6-12/h11-13,15H,2-10H2,1H3. The van der Waals surface area contributed by atoms with Crippen LogP contribution in [0.4, 0.5) is 0 Å². The molecule has 3 nitrogen and oxygen atoms in total. The second-order valence-corrected chi connectivity index (χ2v) is 5.77. The van der Waals surface area contributed by atoms with E-state index in [1.807, 2.05) is 0 Å². The summed E-state index contributed by atoms with van der Waals surface area (Å²) in [5, 5.41) is 3.26. The summed E-state index contributed by atoms with van der Waals surface area (Å²) < 4.78 is 5.47. The topological polar surface area (TPSA) is 38.3 Å². The minimum absolute atomic E-state index is 0.0258. The number of ether oxygens (including phenoxy) is 1. The Kier molecular flexibility index (Phi) is 4.84. The van der Waals surface area contributed by atoms with Gasteiger partial charge in [-0.2, -0.15) is 0 Å². The van der Waals surface area contributed by atoms with Crippen molar-refractivity contribution in [3.63, 3.8) is 0 Å². The van der Waals surface area contributed by atoms with Gasteiger partial charge in [-0.3, -0.25) is 4.79 Å². The van der Waals surface area contributed by atoms with E-state index >= 15 is 0 Å². The molecule has 1 aliphatic carbocycles. The van der Waals surface area contributed by atoms with Crippen molar-refractivity contribution in [1.82, 2.24) is 5.32 Å². The predicted octanol–water partition coefficient (Wildman–Crippen LogP) is 2.50. The third-order valence-electron chi connectivity index (χ3n) is 4.14. The zero-order valence-electron chi connectivity index (χ0n) is 10.9. The number of hydrogen-bond acceptors (Lipinski definition) is 3. The molecule has 2 fully saturated rings. The van der Waals surface area contributed by atoms with Crippen molar-refractivity contribution < 1.29 is 9.53 Å². The summed E-state index contributed by atoms with van der Waals surface area (Å²) in [4.78, 5) is 11.9. The van der Waals surface area contributed by atoms with Gasteiger partial charge in [0.05, 0.1) is 6.61 Å². The van der Waals surface area contributed by atoms with Crippen LogP contribution in [0.5, 0.6) is 0 Å². The van der Waals surface area contributed by atoms with E-state index < -0.39 is 0 Å². The number of piperidine rings is 1. The first-order valence-corrected chi connectivity index (χ1v) is 7.15. The van der Waals surface area contributed by atoms with Gasteiger partial charge in [0.2, 0.25) is 0 Å². The van der Waals surface area contributed by atoms with E-state index in [2.05, 4.69) is 12.2 Å². The number of esters is 1. The van der Waals surface area contributed by atoms with Gasteiger partial charge in [0.15, 0.2) is 0 Å². The minimum atomic E-state index is -0.0534. The van der Waals surface area contributed by atoms with Gasteiger partial charge in [0.1, 0.15) is 6.04 Å². The normalized spacial score (nSPS) is 31.1. The van der Waals surface area contributed by atoms with Crippen LogP contribution in [0.1, 0.15) is 51.9 Å². The maximum Gasteiger partial charge on any atom is 0.323 e. The second kappa shape index (κ2) is 6.39. The van der Waals surface area contributed by atoms with Crippen LogP contribution in [0.3, 0.4) is 0 Å². The quantitative estimate of drug-likeness (QED) is 0.769. The summed E-state index contributed by atoms with van der Waals surface area (Å²) in [6.07, 6.45) is 8.55. The lowest BCUT2D eigenvalue weighted by Gasteiger charge is -2.28. The summed E-state index contributed by atoms with van der Waals surface area (Å²) >= 11 is 0. The van der Waals surface area contributed by atoms with Crippen LogP contribution < -0.4 is 5.32 Å². The van der Waals surface area contributed by atoms with Crippen molar-refractivity contribution in [1.29, 1.82) is 0 Å². The molecule has 1 saturated heterocycles. The highest BCUT2D eigenvalue weighted by molar-refractivity contribution is 5.75. The third-order valence-corrected chi connectivity index (χ3v) is 4.14. The maximum atomic E-state index is 11.9. The Morgan fingerprint density at radius 3 is 2.71 bits per heavy atom. The molecule has 0 aromatic heterocycles. The van der Waals surface area contributed by atoms with E-state index in [0.29, 0.717) is 18.4 Å². The van der Waals surface area contributed by atoms with Gasteiger partial charge < -0.3 is 10.1 Å². The fourth-order valence-corrected chi connectivity index (χ4v) is 2.94. The fraction of sp³-hybridized carbons (Fsp3) is 0.929. The van der Waals surface area contributed by atoms with Crippen molar-refractivity contribution in [3.8, 4) is 0 Å². The smallest absolute Gasteiger partial charge is 0.323 e. The summed E-state index contributed by atoms with van der Waals surface area (Å²) in [5.74, 6) is 1.24. The SMILES string of the molecule is CC1CCNC(C(=O)OCC2CCCCC2)C1. The molecular weight excluding hydrogens is 214 g/mol. The van der Waals surface area contributed by atoms with Crippen LogP contribution in [0.25, 0.3) is 0 Å². The van der Waals surface area contributed by atoms with Crippen molar-refractivity contribution >= 4 is 5.97 Å². The molecule has 0 spiro atoms. The monoisotopic (exact) mass is 239 g/mol. The third kappa shape index (κ3) is 3.98. The van der Waals surface area contributed by atoms with E-state index in [1.54, 1.807) is 0 Å². The molecule has 98 valence electrons. The van der Waals surface area contributed by atoms with Gasteiger partial charge in [0, 0.05) is 0 Å². The number of hydrogen-bond donors (Lipinski definition) is 1. The van der Waals surface area contributed by atoms with Crippen molar-refractivity contribution in [3.05, 3.63) is 0 Å². The van der Waals surface area contributed by atoms with Crippen LogP contribution in [0.15, 0.2) is 0 Å². The van der Waals surface area contributed by atoms with Crippen LogP contribution in [0, 0.1) is 11.8 Å². The lowest BCUT2D eigenvalue weighted by molar-refractivity contribution is -0.148.